The van der Waals surface area contributed by atoms with Gasteiger partial charge in [0.1, 0.15) is 0 Å². The van der Waals surface area contributed by atoms with Crippen molar-refractivity contribution in [1.82, 2.24) is 15.5 Å². The van der Waals surface area contributed by atoms with Crippen molar-refractivity contribution in [3.63, 3.8) is 0 Å². The van der Waals surface area contributed by atoms with Gasteiger partial charge in [0.15, 0.2) is 0 Å². The molecule has 2 N–H and O–H groups in total. The normalized spacial score (nSPS) is 11.6. The highest BCUT2D eigenvalue weighted by molar-refractivity contribution is 5.98. The first-order valence-corrected chi connectivity index (χ1v) is 7.74. The third-order valence-corrected chi connectivity index (χ3v) is 3.98. The molecule has 3 rings (SSSR count). The third kappa shape index (κ3) is 3.42. The Morgan fingerprint density at radius 1 is 1.13 bits per heavy atom. The molecule has 1 amide bonds. The number of amides is 1. The molecule has 4 nitrogen and oxygen atoms in total. The van der Waals surface area contributed by atoms with Crippen LogP contribution >= 0.6 is 0 Å². The van der Waals surface area contributed by atoms with Gasteiger partial charge in [-0.2, -0.15) is 5.10 Å². The molecule has 0 aliphatic carbocycles. The highest BCUT2D eigenvalue weighted by Gasteiger charge is 2.14. The van der Waals surface area contributed by atoms with E-state index in [-0.39, 0.29) is 11.3 Å². The van der Waals surface area contributed by atoms with Gasteiger partial charge in [0.05, 0.1) is 6.20 Å². The van der Waals surface area contributed by atoms with Crippen molar-refractivity contribution in [3.05, 3.63) is 65.5 Å². The number of carbonyl (C=O) groups excluding carboxylic acids is 1. The number of hydrogen-bond donors (Lipinski definition) is 2. The van der Waals surface area contributed by atoms with Crippen molar-refractivity contribution >= 4 is 16.7 Å². The summed E-state index contributed by atoms with van der Waals surface area (Å²) in [6.45, 7) is 7.07. The number of rotatable bonds is 3. The molecule has 118 valence electrons. The van der Waals surface area contributed by atoms with Crippen LogP contribution in [-0.2, 0) is 12.0 Å². The summed E-state index contributed by atoms with van der Waals surface area (Å²) in [7, 11) is 0. The van der Waals surface area contributed by atoms with Gasteiger partial charge in [0, 0.05) is 23.9 Å². The number of carbonyl (C=O) groups is 1. The number of aromatic nitrogens is 2. The first-order valence-electron chi connectivity index (χ1n) is 7.74. The van der Waals surface area contributed by atoms with Crippen LogP contribution in [0, 0.1) is 0 Å². The van der Waals surface area contributed by atoms with E-state index in [1.807, 2.05) is 18.2 Å². The molecule has 0 spiro atoms. The summed E-state index contributed by atoms with van der Waals surface area (Å²) in [6.07, 6.45) is 3.48. The molecule has 23 heavy (non-hydrogen) atoms. The van der Waals surface area contributed by atoms with E-state index < -0.39 is 0 Å². The van der Waals surface area contributed by atoms with Gasteiger partial charge in [-0.25, -0.2) is 0 Å². The molecule has 0 fully saturated rings. The second kappa shape index (κ2) is 5.88. The maximum atomic E-state index is 12.3. The number of benzene rings is 2. The van der Waals surface area contributed by atoms with E-state index in [0.717, 1.165) is 16.3 Å². The highest BCUT2D eigenvalue weighted by Crippen LogP contribution is 2.26. The van der Waals surface area contributed by atoms with Gasteiger partial charge >= 0.3 is 0 Å². The van der Waals surface area contributed by atoms with Crippen LogP contribution in [0.4, 0.5) is 0 Å². The summed E-state index contributed by atoms with van der Waals surface area (Å²) in [5.74, 6) is -0.0759. The molecule has 0 radical (unpaired) electrons. The number of fused-ring (bicyclic) bond motifs is 1. The lowest BCUT2D eigenvalue weighted by molar-refractivity contribution is 0.0951. The minimum absolute atomic E-state index is 0.0759. The van der Waals surface area contributed by atoms with Crippen molar-refractivity contribution in [3.8, 4) is 0 Å². The zero-order valence-electron chi connectivity index (χ0n) is 13.7. The fourth-order valence-electron chi connectivity index (χ4n) is 2.51. The van der Waals surface area contributed by atoms with Crippen LogP contribution in [0.15, 0.2) is 48.8 Å². The second-order valence-corrected chi connectivity index (χ2v) is 6.82. The molecule has 3 aromatic rings. The zero-order chi connectivity index (χ0) is 16.4. The quantitative estimate of drug-likeness (QED) is 0.773. The average molecular weight is 307 g/mol. The molecule has 1 heterocycles. The van der Waals surface area contributed by atoms with Crippen molar-refractivity contribution in [1.29, 1.82) is 0 Å². The Morgan fingerprint density at radius 3 is 2.57 bits per heavy atom. The SMILES string of the molecule is CC(C)(C)c1ccc2cc(C(=O)NCc3cn[nH]c3)ccc2c1. The zero-order valence-corrected chi connectivity index (χ0v) is 13.7. The maximum Gasteiger partial charge on any atom is 0.251 e. The molecular formula is C19H21N3O. The monoisotopic (exact) mass is 307 g/mol. The molecule has 0 aliphatic heterocycles. The summed E-state index contributed by atoms with van der Waals surface area (Å²) in [5.41, 5.74) is 3.04. The Bertz CT molecular complexity index is 829. The Morgan fingerprint density at radius 2 is 1.87 bits per heavy atom. The fraction of sp³-hybridized carbons (Fsp3) is 0.263. The van der Waals surface area contributed by atoms with Gasteiger partial charge in [-0.3, -0.25) is 9.89 Å². The van der Waals surface area contributed by atoms with Crippen molar-refractivity contribution in [2.75, 3.05) is 0 Å². The number of hydrogen-bond acceptors (Lipinski definition) is 2. The average Bonchev–Trinajstić information content (AvgIpc) is 3.04. The molecule has 2 aromatic carbocycles. The smallest absolute Gasteiger partial charge is 0.251 e. The van der Waals surface area contributed by atoms with E-state index in [4.69, 9.17) is 0 Å². The van der Waals surface area contributed by atoms with Crippen LogP contribution in [0.3, 0.4) is 0 Å². The standard InChI is InChI=1S/C19H21N3O/c1-19(2,3)17-7-6-14-8-16(5-4-15(14)9-17)18(23)20-10-13-11-21-22-12-13/h4-9,11-12H,10H2,1-3H3,(H,20,23)(H,21,22). The molecule has 0 aliphatic rings. The Hall–Kier alpha value is -2.62. The molecule has 0 bridgehead atoms. The Balaban J connectivity index is 1.81. The largest absolute Gasteiger partial charge is 0.348 e. The fourth-order valence-corrected chi connectivity index (χ4v) is 2.51. The summed E-state index contributed by atoms with van der Waals surface area (Å²) < 4.78 is 0. The molecule has 4 heteroatoms. The lowest BCUT2D eigenvalue weighted by Crippen LogP contribution is -2.22. The van der Waals surface area contributed by atoms with Gasteiger partial charge in [-0.1, -0.05) is 45.0 Å². The second-order valence-electron chi connectivity index (χ2n) is 6.82. The summed E-state index contributed by atoms with van der Waals surface area (Å²) >= 11 is 0. The number of nitrogens with one attached hydrogen (secondary N) is 2. The minimum Gasteiger partial charge on any atom is -0.348 e. The van der Waals surface area contributed by atoms with Crippen LogP contribution in [-0.4, -0.2) is 16.1 Å². The van der Waals surface area contributed by atoms with E-state index in [0.29, 0.717) is 12.1 Å². The predicted molar refractivity (Wildman–Crippen MR) is 92.4 cm³/mol. The summed E-state index contributed by atoms with van der Waals surface area (Å²) in [5, 5.41) is 11.7. The van der Waals surface area contributed by atoms with Gasteiger partial charge in [0.25, 0.3) is 5.91 Å². The molecule has 0 unspecified atom stereocenters. The lowest BCUT2D eigenvalue weighted by atomic mass is 9.86. The predicted octanol–water partition coefficient (Wildman–Crippen LogP) is 3.79. The van der Waals surface area contributed by atoms with E-state index in [1.54, 1.807) is 12.4 Å². The van der Waals surface area contributed by atoms with Gasteiger partial charge in [-0.05, 0) is 33.9 Å². The topological polar surface area (TPSA) is 57.8 Å². The first-order chi connectivity index (χ1) is 10.9. The summed E-state index contributed by atoms with van der Waals surface area (Å²) in [4.78, 5) is 12.3. The molecule has 0 saturated carbocycles. The minimum atomic E-state index is -0.0759. The number of aromatic amines is 1. The van der Waals surface area contributed by atoms with Gasteiger partial charge < -0.3 is 5.32 Å². The Kier molecular flexibility index (Phi) is 3.90. The Labute approximate surface area is 135 Å². The van der Waals surface area contributed by atoms with Crippen LogP contribution in [0.5, 0.6) is 0 Å². The maximum absolute atomic E-state index is 12.3. The van der Waals surface area contributed by atoms with E-state index in [2.05, 4.69) is 54.5 Å². The van der Waals surface area contributed by atoms with E-state index in [1.165, 1.54) is 5.56 Å². The van der Waals surface area contributed by atoms with E-state index >= 15 is 0 Å². The number of nitrogens with zero attached hydrogens (tertiary/aromatic N) is 1. The number of H-pyrrole nitrogens is 1. The molecule has 0 atom stereocenters. The molecule has 1 aromatic heterocycles. The van der Waals surface area contributed by atoms with Crippen LogP contribution in [0.2, 0.25) is 0 Å². The lowest BCUT2D eigenvalue weighted by Gasteiger charge is -2.19. The third-order valence-electron chi connectivity index (χ3n) is 3.98. The van der Waals surface area contributed by atoms with Crippen molar-refractivity contribution < 1.29 is 4.79 Å². The van der Waals surface area contributed by atoms with Crippen LogP contribution in [0.1, 0.15) is 42.3 Å². The van der Waals surface area contributed by atoms with Crippen molar-refractivity contribution in [2.45, 2.75) is 32.7 Å². The van der Waals surface area contributed by atoms with Gasteiger partial charge in [0.2, 0.25) is 0 Å². The van der Waals surface area contributed by atoms with E-state index in [9.17, 15) is 4.79 Å². The summed E-state index contributed by atoms with van der Waals surface area (Å²) in [6, 6.07) is 12.2. The van der Waals surface area contributed by atoms with Crippen molar-refractivity contribution in [2.24, 2.45) is 0 Å². The molecule has 0 saturated heterocycles. The highest BCUT2D eigenvalue weighted by atomic mass is 16.1. The van der Waals surface area contributed by atoms with Crippen LogP contribution in [0.25, 0.3) is 10.8 Å². The van der Waals surface area contributed by atoms with Gasteiger partial charge in [-0.15, -0.1) is 0 Å². The van der Waals surface area contributed by atoms with Crippen LogP contribution < -0.4 is 5.32 Å². The first kappa shape index (κ1) is 15.3. The molecular weight excluding hydrogens is 286 g/mol.